The van der Waals surface area contributed by atoms with Crippen LogP contribution < -0.4 is 0 Å². The van der Waals surface area contributed by atoms with E-state index in [2.05, 4.69) is 6.92 Å². The summed E-state index contributed by atoms with van der Waals surface area (Å²) in [6, 6.07) is 3.97. The molecule has 0 saturated heterocycles. The first-order chi connectivity index (χ1) is 12.5. The van der Waals surface area contributed by atoms with Crippen LogP contribution in [0.1, 0.15) is 107 Å². The number of unbranched alkanes of at least 4 members (excludes halogenated alkanes) is 8. The molecule has 0 fully saturated rings. The van der Waals surface area contributed by atoms with Gasteiger partial charge in [-0.05, 0) is 42.4 Å². The maximum atomic E-state index is 11.3. The molecule has 1 atom stereocenters. The lowest BCUT2D eigenvalue weighted by atomic mass is 9.87. The summed E-state index contributed by atoms with van der Waals surface area (Å²) in [5.74, 6) is -0.343. The molecule has 0 radical (unpaired) electrons. The molecule has 0 heterocycles. The van der Waals surface area contributed by atoms with E-state index in [1.54, 1.807) is 0 Å². The molecule has 2 N–H and O–H groups in total. The Morgan fingerprint density at radius 3 is 2.08 bits per heavy atom. The maximum Gasteiger partial charge on any atom is 0.303 e. The van der Waals surface area contributed by atoms with E-state index in [0.717, 1.165) is 36.0 Å². The van der Waals surface area contributed by atoms with Crippen molar-refractivity contribution in [3.05, 3.63) is 28.8 Å². The molecule has 0 aliphatic carbocycles. The molecule has 26 heavy (non-hydrogen) atoms. The third-order valence-corrected chi connectivity index (χ3v) is 5.33. The molecule has 0 aliphatic heterocycles. The molecule has 0 spiro atoms. The summed E-state index contributed by atoms with van der Waals surface area (Å²) in [5, 5.41) is 19.4. The van der Waals surface area contributed by atoms with Gasteiger partial charge in [0.15, 0.2) is 0 Å². The molecule has 0 aliphatic rings. The van der Waals surface area contributed by atoms with Crippen LogP contribution >= 0.6 is 0 Å². The van der Waals surface area contributed by atoms with Gasteiger partial charge in [0.1, 0.15) is 5.75 Å². The summed E-state index contributed by atoms with van der Waals surface area (Å²) < 4.78 is 0. The SMILES string of the molecule is CCCCCCCCCCCC(CC(=O)O)c1cc(C)c(O)c(CC)c1. The standard InChI is InChI=1S/C23H38O3/c1-4-6-7-8-9-10-11-12-13-14-20(17-22(24)25)21-15-18(3)23(26)19(5-2)16-21/h15-16,20,26H,4-14,17H2,1-3H3,(H,24,25). The van der Waals surface area contributed by atoms with Crippen molar-refractivity contribution < 1.29 is 15.0 Å². The van der Waals surface area contributed by atoms with Crippen molar-refractivity contribution in [2.24, 2.45) is 0 Å². The number of phenols is 1. The Labute approximate surface area is 159 Å². The van der Waals surface area contributed by atoms with Gasteiger partial charge in [-0.3, -0.25) is 4.79 Å². The molecule has 0 amide bonds. The summed E-state index contributed by atoms with van der Waals surface area (Å²) in [4.78, 5) is 11.3. The van der Waals surface area contributed by atoms with Crippen LogP contribution in [-0.2, 0) is 11.2 Å². The highest BCUT2D eigenvalue weighted by Crippen LogP contribution is 2.32. The number of phenolic OH excluding ortho intramolecular Hbond substituents is 1. The van der Waals surface area contributed by atoms with Crippen LogP contribution in [0.3, 0.4) is 0 Å². The first kappa shape index (κ1) is 22.5. The number of carboxylic acids is 1. The molecule has 0 bridgehead atoms. The van der Waals surface area contributed by atoms with E-state index in [-0.39, 0.29) is 12.3 Å². The van der Waals surface area contributed by atoms with Gasteiger partial charge in [-0.15, -0.1) is 0 Å². The number of aryl methyl sites for hydroxylation is 2. The largest absolute Gasteiger partial charge is 0.507 e. The summed E-state index contributed by atoms with van der Waals surface area (Å²) in [7, 11) is 0. The fraction of sp³-hybridized carbons (Fsp3) is 0.696. The highest BCUT2D eigenvalue weighted by molar-refractivity contribution is 5.68. The van der Waals surface area contributed by atoms with E-state index in [0.29, 0.717) is 5.75 Å². The number of aromatic hydroxyl groups is 1. The molecule has 148 valence electrons. The third kappa shape index (κ3) is 8.25. The Kier molecular flexibility index (Phi) is 11.1. The van der Waals surface area contributed by atoms with Gasteiger partial charge >= 0.3 is 5.97 Å². The minimum atomic E-state index is -0.741. The highest BCUT2D eigenvalue weighted by Gasteiger charge is 2.18. The average Bonchev–Trinajstić information content (AvgIpc) is 2.61. The third-order valence-electron chi connectivity index (χ3n) is 5.33. The number of benzene rings is 1. The van der Waals surface area contributed by atoms with Crippen molar-refractivity contribution in [1.82, 2.24) is 0 Å². The summed E-state index contributed by atoms with van der Waals surface area (Å²) in [6.45, 7) is 6.16. The summed E-state index contributed by atoms with van der Waals surface area (Å²) in [6.07, 6.45) is 13.3. The summed E-state index contributed by atoms with van der Waals surface area (Å²) >= 11 is 0. The quantitative estimate of drug-likeness (QED) is 0.360. The van der Waals surface area contributed by atoms with Crippen molar-refractivity contribution in [1.29, 1.82) is 0 Å². The molecule has 1 aromatic carbocycles. The van der Waals surface area contributed by atoms with Crippen LogP contribution in [0.25, 0.3) is 0 Å². The Balaban J connectivity index is 2.50. The number of rotatable bonds is 14. The second-order valence-electron chi connectivity index (χ2n) is 7.61. The molecule has 1 rings (SSSR count). The van der Waals surface area contributed by atoms with Crippen LogP contribution in [0.5, 0.6) is 5.75 Å². The molecule has 0 saturated carbocycles. The van der Waals surface area contributed by atoms with E-state index >= 15 is 0 Å². The van der Waals surface area contributed by atoms with E-state index in [1.165, 1.54) is 51.4 Å². The lowest BCUT2D eigenvalue weighted by Gasteiger charge is -2.18. The predicted octanol–water partition coefficient (Wildman–Crippen LogP) is 6.74. The Morgan fingerprint density at radius 2 is 1.54 bits per heavy atom. The van der Waals surface area contributed by atoms with E-state index in [9.17, 15) is 15.0 Å². The minimum Gasteiger partial charge on any atom is -0.507 e. The zero-order valence-corrected chi connectivity index (χ0v) is 17.0. The Bertz CT molecular complexity index is 536. The van der Waals surface area contributed by atoms with Gasteiger partial charge < -0.3 is 10.2 Å². The highest BCUT2D eigenvalue weighted by atomic mass is 16.4. The molecule has 3 nitrogen and oxygen atoms in total. The van der Waals surface area contributed by atoms with Crippen LogP contribution in [0.2, 0.25) is 0 Å². The van der Waals surface area contributed by atoms with Gasteiger partial charge in [-0.1, -0.05) is 83.8 Å². The zero-order valence-electron chi connectivity index (χ0n) is 17.0. The van der Waals surface area contributed by atoms with E-state index in [1.807, 2.05) is 26.0 Å². The lowest BCUT2D eigenvalue weighted by molar-refractivity contribution is -0.137. The van der Waals surface area contributed by atoms with Crippen molar-refractivity contribution in [3.8, 4) is 5.75 Å². The van der Waals surface area contributed by atoms with E-state index < -0.39 is 5.97 Å². The van der Waals surface area contributed by atoms with Crippen LogP contribution in [-0.4, -0.2) is 16.2 Å². The number of carbonyl (C=O) groups is 1. The number of hydrogen-bond donors (Lipinski definition) is 2. The van der Waals surface area contributed by atoms with Crippen molar-refractivity contribution in [3.63, 3.8) is 0 Å². The Morgan fingerprint density at radius 1 is 0.962 bits per heavy atom. The number of hydrogen-bond acceptors (Lipinski definition) is 2. The number of aliphatic carboxylic acids is 1. The smallest absolute Gasteiger partial charge is 0.303 e. The predicted molar refractivity (Wildman–Crippen MR) is 109 cm³/mol. The monoisotopic (exact) mass is 362 g/mol. The first-order valence-electron chi connectivity index (χ1n) is 10.5. The second kappa shape index (κ2) is 12.8. The van der Waals surface area contributed by atoms with Gasteiger partial charge in [-0.2, -0.15) is 0 Å². The maximum absolute atomic E-state index is 11.3. The molecule has 1 unspecified atom stereocenters. The van der Waals surface area contributed by atoms with Gasteiger partial charge in [0.2, 0.25) is 0 Å². The Hall–Kier alpha value is -1.51. The molecular formula is C23H38O3. The summed E-state index contributed by atoms with van der Waals surface area (Å²) in [5.41, 5.74) is 2.84. The van der Waals surface area contributed by atoms with Gasteiger partial charge in [0, 0.05) is 0 Å². The van der Waals surface area contributed by atoms with Crippen molar-refractivity contribution in [2.45, 2.75) is 104 Å². The second-order valence-corrected chi connectivity index (χ2v) is 7.61. The van der Waals surface area contributed by atoms with Crippen LogP contribution in [0.15, 0.2) is 12.1 Å². The molecule has 1 aromatic rings. The van der Waals surface area contributed by atoms with Crippen LogP contribution in [0.4, 0.5) is 0 Å². The van der Waals surface area contributed by atoms with Gasteiger partial charge in [0.25, 0.3) is 0 Å². The van der Waals surface area contributed by atoms with Gasteiger partial charge in [-0.25, -0.2) is 0 Å². The van der Waals surface area contributed by atoms with Crippen molar-refractivity contribution in [2.75, 3.05) is 0 Å². The normalized spacial score (nSPS) is 12.3. The van der Waals surface area contributed by atoms with Crippen LogP contribution in [0, 0.1) is 6.92 Å². The van der Waals surface area contributed by atoms with Gasteiger partial charge in [0.05, 0.1) is 6.42 Å². The minimum absolute atomic E-state index is 0.0432. The molecule has 0 aromatic heterocycles. The zero-order chi connectivity index (χ0) is 19.4. The molecular weight excluding hydrogens is 324 g/mol. The fourth-order valence-corrected chi connectivity index (χ4v) is 3.69. The fourth-order valence-electron chi connectivity index (χ4n) is 3.69. The van der Waals surface area contributed by atoms with E-state index in [4.69, 9.17) is 0 Å². The topological polar surface area (TPSA) is 57.5 Å². The first-order valence-corrected chi connectivity index (χ1v) is 10.5. The molecule has 3 heteroatoms. The average molecular weight is 363 g/mol. The van der Waals surface area contributed by atoms with Crippen molar-refractivity contribution >= 4 is 5.97 Å². The number of carboxylic acid groups (broad SMARTS) is 1. The lowest BCUT2D eigenvalue weighted by Crippen LogP contribution is -2.07.